The summed E-state index contributed by atoms with van der Waals surface area (Å²) in [6.07, 6.45) is 4.88. The average molecular weight is 240 g/mol. The number of carboxylic acid groups (broad SMARTS) is 1. The van der Waals surface area contributed by atoms with E-state index in [9.17, 15) is 9.59 Å². The molecule has 0 saturated heterocycles. The summed E-state index contributed by atoms with van der Waals surface area (Å²) >= 11 is 0. The van der Waals surface area contributed by atoms with E-state index in [0.29, 0.717) is 19.4 Å². The van der Waals surface area contributed by atoms with Crippen LogP contribution < -0.4 is 5.32 Å². The molecule has 0 atom stereocenters. The summed E-state index contributed by atoms with van der Waals surface area (Å²) in [6.45, 7) is 1.68. The van der Waals surface area contributed by atoms with Crippen molar-refractivity contribution in [3.8, 4) is 0 Å². The fourth-order valence-electron chi connectivity index (χ4n) is 1.84. The molecule has 1 heterocycles. The monoisotopic (exact) mass is 240 g/mol. The number of carboxylic acids is 1. The van der Waals surface area contributed by atoms with E-state index in [4.69, 9.17) is 5.11 Å². The number of carbonyl (C=O) groups excluding carboxylic acids is 1. The molecule has 1 aliphatic rings. The van der Waals surface area contributed by atoms with Gasteiger partial charge in [0.25, 0.3) is 0 Å². The quantitative estimate of drug-likeness (QED) is 0.695. The Morgan fingerprint density at radius 3 is 2.82 bits per heavy atom. The molecule has 0 radical (unpaired) electrons. The van der Waals surface area contributed by atoms with Crippen LogP contribution in [0.3, 0.4) is 0 Å². The van der Waals surface area contributed by atoms with Crippen LogP contribution in [-0.4, -0.2) is 42.0 Å². The number of nitrogens with zero attached hydrogens (tertiary/aromatic N) is 1. The van der Waals surface area contributed by atoms with Crippen LogP contribution in [0.25, 0.3) is 0 Å². The second-order valence-electron chi connectivity index (χ2n) is 4.25. The van der Waals surface area contributed by atoms with E-state index in [-0.39, 0.29) is 12.3 Å². The highest BCUT2D eigenvalue weighted by Crippen LogP contribution is 2.14. The van der Waals surface area contributed by atoms with Crippen molar-refractivity contribution in [1.29, 1.82) is 0 Å². The van der Waals surface area contributed by atoms with Gasteiger partial charge in [-0.05, 0) is 12.8 Å². The predicted molar refractivity (Wildman–Crippen MR) is 64.4 cm³/mol. The first kappa shape index (κ1) is 13.5. The number of aliphatic carboxylic acids is 1. The Morgan fingerprint density at radius 2 is 2.24 bits per heavy atom. The zero-order valence-electron chi connectivity index (χ0n) is 10.2. The molecule has 0 aromatic rings. The first-order valence-electron chi connectivity index (χ1n) is 5.98. The Hall–Kier alpha value is -1.52. The summed E-state index contributed by atoms with van der Waals surface area (Å²) in [5.74, 6) is -0.914. The van der Waals surface area contributed by atoms with E-state index in [1.165, 1.54) is 5.70 Å². The van der Waals surface area contributed by atoms with E-state index >= 15 is 0 Å². The van der Waals surface area contributed by atoms with E-state index in [1.54, 1.807) is 0 Å². The molecular weight excluding hydrogens is 220 g/mol. The van der Waals surface area contributed by atoms with Gasteiger partial charge < -0.3 is 15.3 Å². The van der Waals surface area contributed by atoms with Crippen LogP contribution in [0.1, 0.15) is 32.1 Å². The largest absolute Gasteiger partial charge is 0.481 e. The maximum absolute atomic E-state index is 11.3. The lowest BCUT2D eigenvalue weighted by Crippen LogP contribution is -2.26. The van der Waals surface area contributed by atoms with Gasteiger partial charge in [-0.3, -0.25) is 9.59 Å². The summed E-state index contributed by atoms with van der Waals surface area (Å²) in [5.41, 5.74) is 1.27. The molecule has 2 N–H and O–H groups in total. The number of carbonyl (C=O) groups is 2. The molecule has 1 amide bonds. The van der Waals surface area contributed by atoms with Gasteiger partial charge in [-0.1, -0.05) is 6.08 Å². The molecule has 0 aliphatic carbocycles. The SMILES string of the molecule is CN1CCC=C1CCNC(=O)CCCC(=O)O. The first-order chi connectivity index (χ1) is 8.09. The van der Waals surface area contributed by atoms with Crippen molar-refractivity contribution in [3.05, 3.63) is 11.8 Å². The Bertz CT molecular complexity index is 313. The molecule has 0 bridgehead atoms. The minimum atomic E-state index is -0.851. The van der Waals surface area contributed by atoms with Gasteiger partial charge in [-0.2, -0.15) is 0 Å². The zero-order chi connectivity index (χ0) is 12.7. The normalized spacial score (nSPS) is 14.6. The predicted octanol–water partition coefficient (Wildman–Crippen LogP) is 0.967. The van der Waals surface area contributed by atoms with Crippen molar-refractivity contribution in [2.75, 3.05) is 20.1 Å². The van der Waals surface area contributed by atoms with Crippen LogP contribution in [0.5, 0.6) is 0 Å². The Kier molecular flexibility index (Phi) is 5.52. The molecule has 96 valence electrons. The van der Waals surface area contributed by atoms with E-state index < -0.39 is 5.97 Å². The van der Waals surface area contributed by atoms with Gasteiger partial charge in [0.05, 0.1) is 0 Å². The number of hydrogen-bond donors (Lipinski definition) is 2. The van der Waals surface area contributed by atoms with Crippen LogP contribution in [0.15, 0.2) is 11.8 Å². The molecule has 17 heavy (non-hydrogen) atoms. The van der Waals surface area contributed by atoms with Crippen LogP contribution in [0.2, 0.25) is 0 Å². The lowest BCUT2D eigenvalue weighted by atomic mass is 10.2. The lowest BCUT2D eigenvalue weighted by Gasteiger charge is -2.16. The lowest BCUT2D eigenvalue weighted by molar-refractivity contribution is -0.137. The summed E-state index contributed by atoms with van der Waals surface area (Å²) in [5, 5.41) is 11.2. The second kappa shape index (κ2) is 6.93. The summed E-state index contributed by atoms with van der Waals surface area (Å²) < 4.78 is 0. The number of rotatable bonds is 7. The smallest absolute Gasteiger partial charge is 0.303 e. The third-order valence-electron chi connectivity index (χ3n) is 2.83. The minimum Gasteiger partial charge on any atom is -0.481 e. The van der Waals surface area contributed by atoms with Crippen LogP contribution in [0, 0.1) is 0 Å². The van der Waals surface area contributed by atoms with Gasteiger partial charge in [0.2, 0.25) is 5.91 Å². The van der Waals surface area contributed by atoms with Crippen molar-refractivity contribution in [1.82, 2.24) is 10.2 Å². The highest BCUT2D eigenvalue weighted by molar-refractivity contribution is 5.76. The third-order valence-corrected chi connectivity index (χ3v) is 2.83. The molecular formula is C12H20N2O3. The summed E-state index contributed by atoms with van der Waals surface area (Å²) in [6, 6.07) is 0. The topological polar surface area (TPSA) is 69.6 Å². The van der Waals surface area contributed by atoms with Crippen molar-refractivity contribution in [2.24, 2.45) is 0 Å². The van der Waals surface area contributed by atoms with E-state index in [2.05, 4.69) is 16.3 Å². The van der Waals surface area contributed by atoms with Gasteiger partial charge in [-0.25, -0.2) is 0 Å². The molecule has 0 unspecified atom stereocenters. The first-order valence-corrected chi connectivity index (χ1v) is 5.98. The summed E-state index contributed by atoms with van der Waals surface area (Å²) in [7, 11) is 2.05. The van der Waals surface area contributed by atoms with E-state index in [1.807, 2.05) is 7.05 Å². The van der Waals surface area contributed by atoms with Gasteiger partial charge in [0.1, 0.15) is 0 Å². The number of amides is 1. The Balaban J connectivity index is 2.06. The van der Waals surface area contributed by atoms with Gasteiger partial charge in [0, 0.05) is 45.1 Å². The fraction of sp³-hybridized carbons (Fsp3) is 0.667. The maximum Gasteiger partial charge on any atom is 0.303 e. The second-order valence-corrected chi connectivity index (χ2v) is 4.25. The Labute approximate surface area is 101 Å². The molecule has 1 rings (SSSR count). The molecule has 0 fully saturated rings. The fourth-order valence-corrected chi connectivity index (χ4v) is 1.84. The van der Waals surface area contributed by atoms with Gasteiger partial charge in [-0.15, -0.1) is 0 Å². The molecule has 0 aromatic carbocycles. The zero-order valence-corrected chi connectivity index (χ0v) is 10.2. The molecule has 1 aliphatic heterocycles. The van der Waals surface area contributed by atoms with Gasteiger partial charge in [0.15, 0.2) is 0 Å². The average Bonchev–Trinajstić information content (AvgIpc) is 2.64. The molecule has 0 aromatic heterocycles. The minimum absolute atomic E-state index is 0.0569. The van der Waals surface area contributed by atoms with Crippen molar-refractivity contribution < 1.29 is 14.7 Å². The molecule has 5 heteroatoms. The highest BCUT2D eigenvalue weighted by Gasteiger charge is 2.10. The van der Waals surface area contributed by atoms with Crippen molar-refractivity contribution in [2.45, 2.75) is 32.1 Å². The van der Waals surface area contributed by atoms with Crippen LogP contribution >= 0.6 is 0 Å². The van der Waals surface area contributed by atoms with Crippen LogP contribution in [0.4, 0.5) is 0 Å². The summed E-state index contributed by atoms with van der Waals surface area (Å²) in [4.78, 5) is 23.8. The van der Waals surface area contributed by atoms with Crippen molar-refractivity contribution >= 4 is 11.9 Å². The van der Waals surface area contributed by atoms with Crippen LogP contribution in [-0.2, 0) is 9.59 Å². The number of nitrogens with one attached hydrogen (secondary N) is 1. The molecule has 0 spiro atoms. The molecule has 0 saturated carbocycles. The molecule has 5 nitrogen and oxygen atoms in total. The Morgan fingerprint density at radius 1 is 1.47 bits per heavy atom. The van der Waals surface area contributed by atoms with Crippen molar-refractivity contribution in [3.63, 3.8) is 0 Å². The third kappa shape index (κ3) is 5.38. The maximum atomic E-state index is 11.3. The van der Waals surface area contributed by atoms with Gasteiger partial charge >= 0.3 is 5.97 Å². The standard InChI is InChI=1S/C12H20N2O3/c1-14-9-3-4-10(14)7-8-13-11(15)5-2-6-12(16)17/h4H,2-3,5-9H2,1H3,(H,13,15)(H,16,17). The van der Waals surface area contributed by atoms with E-state index in [0.717, 1.165) is 19.4 Å². The number of hydrogen-bond acceptors (Lipinski definition) is 3. The highest BCUT2D eigenvalue weighted by atomic mass is 16.4.